The third-order valence-corrected chi connectivity index (χ3v) is 2.25. The molecule has 1 aromatic carbocycles. The first kappa shape index (κ1) is 14.7. The van der Waals surface area contributed by atoms with E-state index in [9.17, 15) is 5.11 Å². The van der Waals surface area contributed by atoms with Gasteiger partial charge in [0, 0.05) is 12.2 Å². The Labute approximate surface area is 109 Å². The molecule has 0 aliphatic heterocycles. The van der Waals surface area contributed by atoms with Gasteiger partial charge < -0.3 is 14.6 Å². The molecule has 0 heterocycles. The molecular formula is C15H20O3. The van der Waals surface area contributed by atoms with Crippen molar-refractivity contribution in [1.29, 1.82) is 0 Å². The Morgan fingerprint density at radius 2 is 1.94 bits per heavy atom. The first-order valence-electron chi connectivity index (χ1n) is 6.07. The summed E-state index contributed by atoms with van der Waals surface area (Å²) in [6.07, 6.45) is -0.333. The van der Waals surface area contributed by atoms with Crippen LogP contribution in [0, 0.1) is 11.8 Å². The van der Waals surface area contributed by atoms with Crippen molar-refractivity contribution in [2.45, 2.75) is 32.7 Å². The van der Waals surface area contributed by atoms with Crippen molar-refractivity contribution in [3.63, 3.8) is 0 Å². The Morgan fingerprint density at radius 3 is 2.56 bits per heavy atom. The van der Waals surface area contributed by atoms with E-state index in [0.717, 1.165) is 5.56 Å². The van der Waals surface area contributed by atoms with Gasteiger partial charge in [-0.3, -0.25) is 0 Å². The quantitative estimate of drug-likeness (QED) is 0.641. The van der Waals surface area contributed by atoms with Gasteiger partial charge in [-0.2, -0.15) is 0 Å². The van der Waals surface area contributed by atoms with Gasteiger partial charge in [0.25, 0.3) is 0 Å². The molecule has 98 valence electrons. The van der Waals surface area contributed by atoms with Gasteiger partial charge in [-0.15, -0.1) is 0 Å². The van der Waals surface area contributed by atoms with E-state index in [1.165, 1.54) is 0 Å². The van der Waals surface area contributed by atoms with Crippen LogP contribution in [0.5, 0.6) is 0 Å². The van der Waals surface area contributed by atoms with E-state index in [2.05, 4.69) is 11.8 Å². The normalized spacial score (nSPS) is 15.3. The first-order valence-corrected chi connectivity index (χ1v) is 6.07. The molecule has 0 spiro atoms. The standard InChI is InChI=1S/C15H20O3/c1-4-17-13(2)18-12-15(3,16)11-10-14-8-6-5-7-9-14/h5-9,13,16H,4,12H2,1-3H3. The lowest BCUT2D eigenvalue weighted by atomic mass is 10.1. The van der Waals surface area contributed by atoms with Crippen molar-refractivity contribution in [3.05, 3.63) is 35.9 Å². The SMILES string of the molecule is CCOC(C)OCC(C)(O)C#Cc1ccccc1. The second-order valence-corrected chi connectivity index (χ2v) is 4.22. The third kappa shape index (κ3) is 5.83. The molecule has 18 heavy (non-hydrogen) atoms. The minimum Gasteiger partial charge on any atom is -0.375 e. The lowest BCUT2D eigenvalue weighted by molar-refractivity contribution is -0.151. The molecule has 2 atom stereocenters. The summed E-state index contributed by atoms with van der Waals surface area (Å²) in [5, 5.41) is 10.0. The predicted octanol–water partition coefficient (Wildman–Crippen LogP) is 2.19. The summed E-state index contributed by atoms with van der Waals surface area (Å²) in [5.41, 5.74) is -0.308. The molecule has 0 saturated carbocycles. The van der Waals surface area contributed by atoms with Gasteiger partial charge in [-0.25, -0.2) is 0 Å². The maximum absolute atomic E-state index is 10.0. The van der Waals surface area contributed by atoms with E-state index in [4.69, 9.17) is 9.47 Å². The fraction of sp³-hybridized carbons (Fsp3) is 0.467. The fourth-order valence-corrected chi connectivity index (χ4v) is 1.33. The Bertz CT molecular complexity index is 401. The number of rotatable bonds is 5. The molecule has 3 nitrogen and oxygen atoms in total. The van der Waals surface area contributed by atoms with E-state index in [1.807, 2.05) is 37.3 Å². The van der Waals surface area contributed by atoms with Gasteiger partial charge in [0.05, 0.1) is 6.61 Å². The summed E-state index contributed by atoms with van der Waals surface area (Å²) in [5.74, 6) is 5.72. The van der Waals surface area contributed by atoms with E-state index in [-0.39, 0.29) is 12.9 Å². The van der Waals surface area contributed by atoms with E-state index in [1.54, 1.807) is 13.8 Å². The van der Waals surface area contributed by atoms with Crippen molar-refractivity contribution in [2.24, 2.45) is 0 Å². The van der Waals surface area contributed by atoms with Crippen LogP contribution in [0.15, 0.2) is 30.3 Å². The molecule has 0 aliphatic carbocycles. The average Bonchev–Trinajstić information content (AvgIpc) is 2.36. The smallest absolute Gasteiger partial charge is 0.154 e. The molecule has 0 aromatic heterocycles. The van der Waals surface area contributed by atoms with Gasteiger partial charge in [0.15, 0.2) is 6.29 Å². The van der Waals surface area contributed by atoms with E-state index in [0.29, 0.717) is 6.61 Å². The van der Waals surface area contributed by atoms with Gasteiger partial charge in [-0.1, -0.05) is 30.0 Å². The van der Waals surface area contributed by atoms with Gasteiger partial charge in [-0.05, 0) is 32.9 Å². The summed E-state index contributed by atoms with van der Waals surface area (Å²) in [4.78, 5) is 0. The molecule has 3 heteroatoms. The molecule has 0 radical (unpaired) electrons. The van der Waals surface area contributed by atoms with E-state index < -0.39 is 5.60 Å². The second kappa shape index (κ2) is 7.17. The van der Waals surface area contributed by atoms with Crippen molar-refractivity contribution >= 4 is 0 Å². The molecule has 2 unspecified atom stereocenters. The van der Waals surface area contributed by atoms with Crippen LogP contribution in [0.1, 0.15) is 26.3 Å². The van der Waals surface area contributed by atoms with Crippen LogP contribution >= 0.6 is 0 Å². The molecule has 0 fully saturated rings. The maximum atomic E-state index is 10.0. The molecule has 0 bridgehead atoms. The first-order chi connectivity index (χ1) is 8.53. The third-order valence-electron chi connectivity index (χ3n) is 2.25. The number of aliphatic hydroxyl groups is 1. The summed E-state index contributed by atoms with van der Waals surface area (Å²) >= 11 is 0. The second-order valence-electron chi connectivity index (χ2n) is 4.22. The highest BCUT2D eigenvalue weighted by molar-refractivity contribution is 5.35. The number of ether oxygens (including phenoxy) is 2. The van der Waals surface area contributed by atoms with Crippen molar-refractivity contribution in [3.8, 4) is 11.8 Å². The molecule has 1 aromatic rings. The number of benzene rings is 1. The zero-order valence-electron chi connectivity index (χ0n) is 11.1. The minimum atomic E-state index is -1.18. The Hall–Kier alpha value is -1.34. The van der Waals surface area contributed by atoms with Crippen LogP contribution in [0.2, 0.25) is 0 Å². The Kier molecular flexibility index (Phi) is 5.87. The monoisotopic (exact) mass is 248 g/mol. The number of hydrogen-bond acceptors (Lipinski definition) is 3. The largest absolute Gasteiger partial charge is 0.375 e. The zero-order valence-corrected chi connectivity index (χ0v) is 11.1. The predicted molar refractivity (Wildman–Crippen MR) is 71.0 cm³/mol. The van der Waals surface area contributed by atoms with Crippen LogP contribution < -0.4 is 0 Å². The van der Waals surface area contributed by atoms with Gasteiger partial charge in [0.2, 0.25) is 0 Å². The summed E-state index contributed by atoms with van der Waals surface area (Å²) in [6, 6.07) is 9.54. The van der Waals surface area contributed by atoms with E-state index >= 15 is 0 Å². The molecule has 0 amide bonds. The van der Waals surface area contributed by atoms with Crippen molar-refractivity contribution < 1.29 is 14.6 Å². The number of hydrogen-bond donors (Lipinski definition) is 1. The molecule has 0 saturated heterocycles. The Morgan fingerprint density at radius 1 is 1.28 bits per heavy atom. The highest BCUT2D eigenvalue weighted by Gasteiger charge is 2.18. The maximum Gasteiger partial charge on any atom is 0.154 e. The molecule has 1 rings (SSSR count). The van der Waals surface area contributed by atoms with Crippen molar-refractivity contribution in [1.82, 2.24) is 0 Å². The summed E-state index contributed by atoms with van der Waals surface area (Å²) in [6.45, 7) is 6.02. The fourth-order valence-electron chi connectivity index (χ4n) is 1.33. The van der Waals surface area contributed by atoms with Crippen LogP contribution in [-0.2, 0) is 9.47 Å². The molecule has 0 aliphatic rings. The van der Waals surface area contributed by atoms with Gasteiger partial charge in [0.1, 0.15) is 5.60 Å². The average molecular weight is 248 g/mol. The van der Waals surface area contributed by atoms with Crippen LogP contribution in [0.4, 0.5) is 0 Å². The molecular weight excluding hydrogens is 228 g/mol. The summed E-state index contributed by atoms with van der Waals surface area (Å²) in [7, 11) is 0. The lowest BCUT2D eigenvalue weighted by Crippen LogP contribution is -2.31. The van der Waals surface area contributed by atoms with Gasteiger partial charge >= 0.3 is 0 Å². The van der Waals surface area contributed by atoms with Crippen LogP contribution in [0.25, 0.3) is 0 Å². The minimum absolute atomic E-state index is 0.119. The zero-order chi connectivity index (χ0) is 13.4. The van der Waals surface area contributed by atoms with Crippen LogP contribution in [0.3, 0.4) is 0 Å². The Balaban J connectivity index is 2.52. The molecule has 1 N–H and O–H groups in total. The van der Waals surface area contributed by atoms with Crippen molar-refractivity contribution in [2.75, 3.05) is 13.2 Å². The van der Waals surface area contributed by atoms with Crippen LogP contribution in [-0.4, -0.2) is 30.2 Å². The highest BCUT2D eigenvalue weighted by atomic mass is 16.7. The highest BCUT2D eigenvalue weighted by Crippen LogP contribution is 2.06. The lowest BCUT2D eigenvalue weighted by Gasteiger charge is -2.20. The summed E-state index contributed by atoms with van der Waals surface area (Å²) < 4.78 is 10.6. The topological polar surface area (TPSA) is 38.7 Å².